The summed E-state index contributed by atoms with van der Waals surface area (Å²) in [6.45, 7) is 0. The molecule has 0 saturated carbocycles. The summed E-state index contributed by atoms with van der Waals surface area (Å²) in [5, 5.41) is 21.7. The highest BCUT2D eigenvalue weighted by Gasteiger charge is 2.49. The van der Waals surface area contributed by atoms with Crippen LogP contribution in [0.1, 0.15) is 36.1 Å². The lowest BCUT2D eigenvalue weighted by Crippen LogP contribution is -2.55. The predicted molar refractivity (Wildman–Crippen MR) is 144 cm³/mol. The van der Waals surface area contributed by atoms with Gasteiger partial charge in [-0.25, -0.2) is 0 Å². The molecule has 4 aromatic rings. The van der Waals surface area contributed by atoms with Crippen molar-refractivity contribution in [3.63, 3.8) is 0 Å². The van der Waals surface area contributed by atoms with Gasteiger partial charge in [0.2, 0.25) is 5.91 Å². The van der Waals surface area contributed by atoms with Gasteiger partial charge in [0.05, 0.1) is 23.0 Å². The fourth-order valence-electron chi connectivity index (χ4n) is 5.03. The van der Waals surface area contributed by atoms with E-state index in [0.717, 1.165) is 11.3 Å². The summed E-state index contributed by atoms with van der Waals surface area (Å²) in [7, 11) is -4.30. The fraction of sp³-hybridized carbons (Fsp3) is 0.167. The molecular formula is C30H27NO6S. The van der Waals surface area contributed by atoms with Crippen molar-refractivity contribution in [1.82, 2.24) is 0 Å². The molecule has 3 atom stereocenters. The van der Waals surface area contributed by atoms with E-state index in [1.165, 1.54) is 12.1 Å². The minimum absolute atomic E-state index is 0.00777. The molecule has 1 unspecified atom stereocenters. The second-order valence-corrected chi connectivity index (χ2v) is 10.8. The van der Waals surface area contributed by atoms with Crippen molar-refractivity contribution in [2.24, 2.45) is 5.92 Å². The van der Waals surface area contributed by atoms with Crippen LogP contribution in [0.3, 0.4) is 0 Å². The third-order valence-electron chi connectivity index (χ3n) is 7.02. The smallest absolute Gasteiger partial charge is 0.294 e. The number of hydrogen-bond donors (Lipinski definition) is 3. The molecule has 0 spiro atoms. The molecule has 8 heteroatoms. The van der Waals surface area contributed by atoms with Gasteiger partial charge in [-0.3, -0.25) is 9.35 Å². The Balaban J connectivity index is 1.43. The lowest BCUT2D eigenvalue weighted by Gasteiger charge is -2.48. The van der Waals surface area contributed by atoms with Crippen molar-refractivity contribution in [2.45, 2.75) is 29.9 Å². The number of carbonyl (C=O) groups is 1. The Morgan fingerprint density at radius 1 is 0.816 bits per heavy atom. The zero-order chi connectivity index (χ0) is 26.9. The number of β-lactam (4-membered cyclic amide) rings is 1. The van der Waals surface area contributed by atoms with Crippen molar-refractivity contribution < 1.29 is 28.0 Å². The van der Waals surface area contributed by atoms with E-state index in [4.69, 9.17) is 0 Å². The number of amides is 1. The number of aromatic hydroxyl groups is 1. The van der Waals surface area contributed by atoms with Gasteiger partial charge in [-0.2, -0.15) is 8.42 Å². The summed E-state index contributed by atoms with van der Waals surface area (Å²) in [6.07, 6.45) is 0.150. The van der Waals surface area contributed by atoms with Crippen LogP contribution in [-0.2, 0) is 14.9 Å². The Bertz CT molecular complexity index is 1540. The molecule has 0 aliphatic carbocycles. The third kappa shape index (κ3) is 5.06. The lowest BCUT2D eigenvalue weighted by molar-refractivity contribution is -0.131. The summed E-state index contributed by atoms with van der Waals surface area (Å²) in [6, 6.07) is 29.0. The number of anilines is 1. The topological polar surface area (TPSA) is 115 Å². The standard InChI is InChI=1S/C30H27NO6S/c32-27(21-7-3-1-4-8-21)18-17-26-29(31(30(26)34)23-9-5-2-6-10-23)25-16-13-22(19-28(25)33)20-11-14-24(15-12-20)38(35,36)37/h1-16,19,26-27,29,32-33H,17-18H2,(H,35,36,37)/t26-,27?,29-/m1/s1. The number of hydrogen-bond acceptors (Lipinski definition) is 5. The molecule has 1 aliphatic heterocycles. The van der Waals surface area contributed by atoms with E-state index in [1.807, 2.05) is 60.7 Å². The number of benzene rings is 4. The molecule has 1 aliphatic rings. The molecule has 194 valence electrons. The second-order valence-electron chi connectivity index (χ2n) is 9.37. The van der Waals surface area contributed by atoms with Crippen LogP contribution in [-0.4, -0.2) is 29.1 Å². The molecule has 0 bridgehead atoms. The van der Waals surface area contributed by atoms with E-state index in [2.05, 4.69) is 0 Å². The monoisotopic (exact) mass is 529 g/mol. The Kier molecular flexibility index (Phi) is 7.03. The average Bonchev–Trinajstić information content (AvgIpc) is 2.92. The van der Waals surface area contributed by atoms with E-state index in [9.17, 15) is 28.0 Å². The number of aliphatic hydroxyl groups excluding tert-OH is 1. The molecular weight excluding hydrogens is 502 g/mol. The van der Waals surface area contributed by atoms with Crippen molar-refractivity contribution in [3.8, 4) is 16.9 Å². The van der Waals surface area contributed by atoms with Crippen molar-refractivity contribution in [2.75, 3.05) is 4.90 Å². The first-order chi connectivity index (χ1) is 18.2. The number of carbonyl (C=O) groups excluding carboxylic acids is 1. The molecule has 0 radical (unpaired) electrons. The maximum Gasteiger partial charge on any atom is 0.294 e. The van der Waals surface area contributed by atoms with E-state index in [-0.39, 0.29) is 16.6 Å². The number of phenols is 1. The van der Waals surface area contributed by atoms with Gasteiger partial charge in [-0.05, 0) is 59.9 Å². The van der Waals surface area contributed by atoms with Crippen LogP contribution in [0.25, 0.3) is 11.1 Å². The largest absolute Gasteiger partial charge is 0.508 e. The van der Waals surface area contributed by atoms with E-state index in [1.54, 1.807) is 35.2 Å². The average molecular weight is 530 g/mol. The molecule has 38 heavy (non-hydrogen) atoms. The molecule has 0 aromatic heterocycles. The van der Waals surface area contributed by atoms with Crippen LogP contribution >= 0.6 is 0 Å². The van der Waals surface area contributed by atoms with Crippen LogP contribution < -0.4 is 4.90 Å². The first-order valence-corrected chi connectivity index (χ1v) is 13.7. The fourth-order valence-corrected chi connectivity index (χ4v) is 5.51. The highest BCUT2D eigenvalue weighted by atomic mass is 32.2. The molecule has 5 rings (SSSR count). The minimum Gasteiger partial charge on any atom is -0.508 e. The van der Waals surface area contributed by atoms with Crippen LogP contribution in [0.4, 0.5) is 5.69 Å². The number of para-hydroxylation sites is 1. The van der Waals surface area contributed by atoms with Crippen LogP contribution in [0.5, 0.6) is 5.75 Å². The van der Waals surface area contributed by atoms with Gasteiger partial charge in [-0.15, -0.1) is 0 Å². The molecule has 1 saturated heterocycles. The quantitative estimate of drug-likeness (QED) is 0.204. The molecule has 7 nitrogen and oxygen atoms in total. The van der Waals surface area contributed by atoms with Gasteiger partial charge in [0, 0.05) is 11.3 Å². The van der Waals surface area contributed by atoms with Crippen LogP contribution in [0.2, 0.25) is 0 Å². The zero-order valence-corrected chi connectivity index (χ0v) is 21.2. The Morgan fingerprint density at radius 2 is 1.42 bits per heavy atom. The van der Waals surface area contributed by atoms with Gasteiger partial charge < -0.3 is 15.1 Å². The summed E-state index contributed by atoms with van der Waals surface area (Å²) in [5.41, 5.74) is 3.42. The van der Waals surface area contributed by atoms with Crippen LogP contribution in [0.15, 0.2) is 108 Å². The maximum atomic E-state index is 13.3. The highest BCUT2D eigenvalue weighted by molar-refractivity contribution is 7.85. The van der Waals surface area contributed by atoms with Crippen molar-refractivity contribution in [1.29, 1.82) is 0 Å². The number of phenolic OH excluding ortho intramolecular Hbond substituents is 1. The second kappa shape index (κ2) is 10.4. The highest BCUT2D eigenvalue weighted by Crippen LogP contribution is 2.49. The molecule has 1 fully saturated rings. The van der Waals surface area contributed by atoms with Gasteiger partial charge >= 0.3 is 0 Å². The summed E-state index contributed by atoms with van der Waals surface area (Å²) >= 11 is 0. The maximum absolute atomic E-state index is 13.3. The molecule has 1 amide bonds. The van der Waals surface area contributed by atoms with Crippen molar-refractivity contribution >= 4 is 21.7 Å². The van der Waals surface area contributed by atoms with E-state index in [0.29, 0.717) is 29.5 Å². The third-order valence-corrected chi connectivity index (χ3v) is 7.89. The Morgan fingerprint density at radius 3 is 2.03 bits per heavy atom. The molecule has 1 heterocycles. The SMILES string of the molecule is O=C1[C@H](CCC(O)c2ccccc2)[C@@H](c2ccc(-c3ccc(S(=O)(=O)O)cc3)cc2O)N1c1ccccc1. The summed E-state index contributed by atoms with van der Waals surface area (Å²) in [5.74, 6) is -0.474. The van der Waals surface area contributed by atoms with E-state index >= 15 is 0 Å². The predicted octanol–water partition coefficient (Wildman–Crippen LogP) is 5.52. The van der Waals surface area contributed by atoms with Gasteiger partial charge in [-0.1, -0.05) is 72.8 Å². The molecule has 4 aromatic carbocycles. The lowest BCUT2D eigenvalue weighted by atomic mass is 9.77. The summed E-state index contributed by atoms with van der Waals surface area (Å²) < 4.78 is 31.9. The van der Waals surface area contributed by atoms with Gasteiger partial charge in [0.1, 0.15) is 5.75 Å². The minimum atomic E-state index is -4.30. The van der Waals surface area contributed by atoms with Gasteiger partial charge in [0.25, 0.3) is 10.1 Å². The van der Waals surface area contributed by atoms with Crippen molar-refractivity contribution in [3.05, 3.63) is 114 Å². The van der Waals surface area contributed by atoms with Gasteiger partial charge in [0.15, 0.2) is 0 Å². The van der Waals surface area contributed by atoms with E-state index < -0.39 is 28.2 Å². The number of aliphatic hydroxyl groups is 1. The molecule has 3 N–H and O–H groups in total. The number of rotatable bonds is 8. The zero-order valence-electron chi connectivity index (χ0n) is 20.4. The van der Waals surface area contributed by atoms with Crippen LogP contribution in [0, 0.1) is 5.92 Å². The first kappa shape index (κ1) is 25.7. The Labute approximate surface area is 221 Å². The number of nitrogens with zero attached hydrogens (tertiary/aromatic N) is 1. The summed E-state index contributed by atoms with van der Waals surface area (Å²) in [4.78, 5) is 14.8. The Hall–Kier alpha value is -3.98. The first-order valence-electron chi connectivity index (χ1n) is 12.3. The normalized spacial score (nSPS) is 18.2.